The van der Waals surface area contributed by atoms with E-state index in [9.17, 15) is 14.9 Å². The number of rotatable bonds is 4. The summed E-state index contributed by atoms with van der Waals surface area (Å²) in [4.78, 5) is 22.7. The third-order valence-electron chi connectivity index (χ3n) is 3.71. The summed E-state index contributed by atoms with van der Waals surface area (Å²) in [5, 5.41) is 13.7. The Kier molecular flexibility index (Phi) is 4.72. The number of hydrogen-bond donors (Lipinski definition) is 2. The molecule has 7 heteroatoms. The molecule has 6 nitrogen and oxygen atoms in total. The third kappa shape index (κ3) is 3.16. The van der Waals surface area contributed by atoms with E-state index in [2.05, 4.69) is 21.2 Å². The molecule has 0 spiro atoms. The second-order valence-electron chi connectivity index (χ2n) is 4.94. The highest BCUT2D eigenvalue weighted by molar-refractivity contribution is 9.10. The number of nitrogens with two attached hydrogens (primary N) is 1. The first-order valence-corrected chi connectivity index (χ1v) is 7.27. The van der Waals surface area contributed by atoms with Crippen molar-refractivity contribution in [3.05, 3.63) is 32.8 Å². The smallest absolute Gasteiger partial charge is 0.293 e. The van der Waals surface area contributed by atoms with E-state index in [1.807, 2.05) is 0 Å². The van der Waals surface area contributed by atoms with Gasteiger partial charge in [0, 0.05) is 16.5 Å². The molecule has 1 saturated carbocycles. The minimum atomic E-state index is -0.505. The Morgan fingerprint density at radius 2 is 2.25 bits per heavy atom. The lowest BCUT2D eigenvalue weighted by Gasteiger charge is -2.17. The van der Waals surface area contributed by atoms with Gasteiger partial charge in [0.2, 0.25) is 5.91 Å². The second-order valence-corrected chi connectivity index (χ2v) is 5.86. The molecular formula is C13H16BrN3O3. The van der Waals surface area contributed by atoms with E-state index in [4.69, 9.17) is 5.73 Å². The van der Waals surface area contributed by atoms with Gasteiger partial charge < -0.3 is 11.1 Å². The van der Waals surface area contributed by atoms with Crippen molar-refractivity contribution in [2.45, 2.75) is 19.3 Å². The molecule has 0 aromatic heterocycles. The van der Waals surface area contributed by atoms with Crippen molar-refractivity contribution in [1.82, 2.24) is 0 Å². The quantitative estimate of drug-likeness (QED) is 0.649. The maximum absolute atomic E-state index is 12.2. The van der Waals surface area contributed by atoms with E-state index in [1.54, 1.807) is 6.07 Å². The Balaban J connectivity index is 2.17. The van der Waals surface area contributed by atoms with Crippen LogP contribution in [0.1, 0.15) is 19.3 Å². The maximum atomic E-state index is 12.2. The maximum Gasteiger partial charge on any atom is 0.293 e. The molecule has 1 aromatic rings. The van der Waals surface area contributed by atoms with Crippen LogP contribution in [0.25, 0.3) is 0 Å². The number of nitro groups is 1. The number of carbonyl (C=O) groups excluding carboxylic acids is 1. The summed E-state index contributed by atoms with van der Waals surface area (Å²) in [6.07, 6.45) is 2.71. The average molecular weight is 342 g/mol. The molecule has 1 aromatic carbocycles. The molecule has 1 aliphatic rings. The topological polar surface area (TPSA) is 98.3 Å². The second kappa shape index (κ2) is 6.32. The Labute approximate surface area is 125 Å². The molecule has 2 atom stereocenters. The summed E-state index contributed by atoms with van der Waals surface area (Å²) < 4.78 is 0.600. The van der Waals surface area contributed by atoms with Gasteiger partial charge in [-0.3, -0.25) is 14.9 Å². The predicted octanol–water partition coefficient (Wildman–Crippen LogP) is 2.67. The van der Waals surface area contributed by atoms with E-state index < -0.39 is 4.92 Å². The van der Waals surface area contributed by atoms with Crippen molar-refractivity contribution in [3.63, 3.8) is 0 Å². The van der Waals surface area contributed by atoms with Gasteiger partial charge in [-0.2, -0.15) is 0 Å². The molecule has 0 radical (unpaired) electrons. The number of halogens is 1. The lowest BCUT2D eigenvalue weighted by Crippen LogP contribution is -2.29. The molecule has 2 unspecified atom stereocenters. The van der Waals surface area contributed by atoms with E-state index in [0.717, 1.165) is 19.3 Å². The van der Waals surface area contributed by atoms with Crippen molar-refractivity contribution in [2.24, 2.45) is 17.6 Å². The number of benzene rings is 1. The summed E-state index contributed by atoms with van der Waals surface area (Å²) in [5.74, 6) is -0.156. The van der Waals surface area contributed by atoms with Crippen LogP contribution in [0.15, 0.2) is 22.7 Å². The number of hydrogen-bond acceptors (Lipinski definition) is 4. The third-order valence-corrected chi connectivity index (χ3v) is 4.21. The highest BCUT2D eigenvalue weighted by Gasteiger charge is 2.32. The zero-order valence-corrected chi connectivity index (χ0v) is 12.4. The molecule has 1 fully saturated rings. The number of nitro benzene ring substituents is 1. The average Bonchev–Trinajstić information content (AvgIpc) is 2.89. The van der Waals surface area contributed by atoms with Gasteiger partial charge in [0.05, 0.1) is 4.92 Å². The van der Waals surface area contributed by atoms with E-state index >= 15 is 0 Å². The molecule has 0 heterocycles. The van der Waals surface area contributed by atoms with Crippen molar-refractivity contribution in [3.8, 4) is 0 Å². The predicted molar refractivity (Wildman–Crippen MR) is 79.3 cm³/mol. The molecule has 0 aliphatic heterocycles. The van der Waals surface area contributed by atoms with Crippen LogP contribution < -0.4 is 11.1 Å². The summed E-state index contributed by atoms with van der Waals surface area (Å²) in [7, 11) is 0. The zero-order valence-electron chi connectivity index (χ0n) is 10.8. The first-order chi connectivity index (χ1) is 9.52. The number of carbonyl (C=O) groups is 1. The molecular weight excluding hydrogens is 326 g/mol. The summed E-state index contributed by atoms with van der Waals surface area (Å²) in [6.45, 7) is 0.473. The van der Waals surface area contributed by atoms with Gasteiger partial charge >= 0.3 is 0 Å². The number of nitrogens with one attached hydrogen (secondary N) is 1. The standard InChI is InChI=1S/C13H16BrN3O3/c14-9-4-5-11(12(6-9)17(19)20)16-13(18)10-3-1-2-8(10)7-15/h4-6,8,10H,1-3,7,15H2,(H,16,18). The highest BCUT2D eigenvalue weighted by atomic mass is 79.9. The van der Waals surface area contributed by atoms with Crippen molar-refractivity contribution in [2.75, 3.05) is 11.9 Å². The van der Waals surface area contributed by atoms with Gasteiger partial charge in [0.25, 0.3) is 5.69 Å². The van der Waals surface area contributed by atoms with Gasteiger partial charge in [-0.15, -0.1) is 0 Å². The molecule has 0 saturated heterocycles. The fourth-order valence-electron chi connectivity index (χ4n) is 2.65. The first kappa shape index (κ1) is 14.9. The van der Waals surface area contributed by atoms with Crippen LogP contribution in [0.4, 0.5) is 11.4 Å². The Morgan fingerprint density at radius 3 is 2.90 bits per heavy atom. The fourth-order valence-corrected chi connectivity index (χ4v) is 3.00. The Hall–Kier alpha value is -1.47. The first-order valence-electron chi connectivity index (χ1n) is 6.47. The van der Waals surface area contributed by atoms with Crippen LogP contribution in [-0.4, -0.2) is 17.4 Å². The van der Waals surface area contributed by atoms with Crippen molar-refractivity contribution in [1.29, 1.82) is 0 Å². The van der Waals surface area contributed by atoms with Gasteiger partial charge in [0.15, 0.2) is 0 Å². The molecule has 1 amide bonds. The van der Waals surface area contributed by atoms with Crippen LogP contribution in [0, 0.1) is 22.0 Å². The summed E-state index contributed by atoms with van der Waals surface area (Å²) in [6, 6.07) is 4.58. The monoisotopic (exact) mass is 341 g/mol. The van der Waals surface area contributed by atoms with E-state index in [-0.39, 0.29) is 29.1 Å². The van der Waals surface area contributed by atoms with E-state index in [1.165, 1.54) is 12.1 Å². The zero-order chi connectivity index (χ0) is 14.7. The minimum Gasteiger partial charge on any atom is -0.330 e. The van der Waals surface area contributed by atoms with E-state index in [0.29, 0.717) is 11.0 Å². The lowest BCUT2D eigenvalue weighted by molar-refractivity contribution is -0.384. The number of amides is 1. The van der Waals surface area contributed by atoms with Gasteiger partial charge in [-0.1, -0.05) is 22.4 Å². The molecule has 3 N–H and O–H groups in total. The van der Waals surface area contributed by atoms with Crippen LogP contribution in [0.3, 0.4) is 0 Å². The van der Waals surface area contributed by atoms with Crippen molar-refractivity contribution < 1.29 is 9.72 Å². The van der Waals surface area contributed by atoms with Crippen LogP contribution >= 0.6 is 15.9 Å². The molecule has 1 aliphatic carbocycles. The largest absolute Gasteiger partial charge is 0.330 e. The Morgan fingerprint density at radius 1 is 1.50 bits per heavy atom. The summed E-state index contributed by atoms with van der Waals surface area (Å²) >= 11 is 3.18. The number of nitrogens with zero attached hydrogens (tertiary/aromatic N) is 1. The van der Waals surface area contributed by atoms with Crippen molar-refractivity contribution >= 4 is 33.2 Å². The van der Waals surface area contributed by atoms with Crippen LogP contribution in [-0.2, 0) is 4.79 Å². The molecule has 108 valence electrons. The fraction of sp³-hybridized carbons (Fsp3) is 0.462. The van der Waals surface area contributed by atoms with Crippen LogP contribution in [0.5, 0.6) is 0 Å². The SMILES string of the molecule is NCC1CCCC1C(=O)Nc1ccc(Br)cc1[N+](=O)[O-]. The molecule has 0 bridgehead atoms. The number of anilines is 1. The van der Waals surface area contributed by atoms with Crippen LogP contribution in [0.2, 0.25) is 0 Å². The normalized spacial score (nSPS) is 21.7. The van der Waals surface area contributed by atoms with Gasteiger partial charge in [-0.05, 0) is 37.4 Å². The Bertz CT molecular complexity index is 536. The molecule has 2 rings (SSSR count). The highest BCUT2D eigenvalue weighted by Crippen LogP contribution is 2.33. The van der Waals surface area contributed by atoms with Gasteiger partial charge in [0.1, 0.15) is 5.69 Å². The van der Waals surface area contributed by atoms with Gasteiger partial charge in [-0.25, -0.2) is 0 Å². The minimum absolute atomic E-state index is 0.116. The lowest BCUT2D eigenvalue weighted by atomic mass is 9.95. The molecule has 20 heavy (non-hydrogen) atoms. The summed E-state index contributed by atoms with van der Waals surface area (Å²) in [5.41, 5.74) is 5.77.